The molecule has 0 aliphatic carbocycles. The monoisotopic (exact) mass is 489 g/mol. The van der Waals surface area contributed by atoms with E-state index in [4.69, 9.17) is 5.11 Å². The number of rotatable bonds is 3. The molecule has 3 rings (SSSR count). The summed E-state index contributed by atoms with van der Waals surface area (Å²) in [6, 6.07) is 5.33. The van der Waals surface area contributed by atoms with E-state index in [0.29, 0.717) is 22.9 Å². The molecule has 2 aromatic rings. The van der Waals surface area contributed by atoms with E-state index >= 15 is 0 Å². The maximum Gasteiger partial charge on any atom is 0.261 e. The molecule has 114 valence electrons. The second kappa shape index (κ2) is 6.03. The van der Waals surface area contributed by atoms with Gasteiger partial charge >= 0.3 is 0 Å². The Bertz CT molecular complexity index is 797. The van der Waals surface area contributed by atoms with Gasteiger partial charge < -0.3 is 5.11 Å². The minimum atomic E-state index is -0.327. The predicted molar refractivity (Wildman–Crippen MR) is 94.1 cm³/mol. The molecule has 2 amide bonds. The molecule has 0 fully saturated rings. The molecule has 1 heterocycles. The van der Waals surface area contributed by atoms with Crippen LogP contribution < -0.4 is 0 Å². The molecule has 4 nitrogen and oxygen atoms in total. The van der Waals surface area contributed by atoms with E-state index in [1.54, 1.807) is 12.1 Å². The van der Waals surface area contributed by atoms with Gasteiger partial charge in [0, 0.05) is 43.1 Å². The summed E-state index contributed by atoms with van der Waals surface area (Å²) < 4.78 is 2.33. The van der Waals surface area contributed by atoms with Crippen molar-refractivity contribution >= 4 is 70.4 Å². The van der Waals surface area contributed by atoms with Crippen molar-refractivity contribution in [2.24, 2.45) is 0 Å². The normalized spacial score (nSPS) is 14.1. The number of benzene rings is 2. The van der Waals surface area contributed by atoms with E-state index < -0.39 is 0 Å². The molecule has 1 aliphatic rings. The molecule has 22 heavy (non-hydrogen) atoms. The number of aliphatic hydroxyl groups excluding tert-OH is 1. The van der Waals surface area contributed by atoms with Gasteiger partial charge in [-0.15, -0.1) is 0 Å². The van der Waals surface area contributed by atoms with Crippen molar-refractivity contribution in [3.05, 3.63) is 42.7 Å². The summed E-state index contributed by atoms with van der Waals surface area (Å²) >= 11 is 10.3. The number of hydrogen-bond donors (Lipinski definition) is 1. The van der Waals surface area contributed by atoms with Crippen LogP contribution in [0.25, 0.3) is 10.8 Å². The van der Waals surface area contributed by atoms with Gasteiger partial charge in [0.1, 0.15) is 0 Å². The summed E-state index contributed by atoms with van der Waals surface area (Å²) in [7, 11) is 0. The Morgan fingerprint density at radius 1 is 1.00 bits per heavy atom. The standard InChI is InChI=1S/C15H10Br3NO3/c16-7-4-8-12-9(5-7)14(21)19(2-1-3-20)15(22)10(12)6-11(17)13(8)18/h4-6,20H,1-3H2. The Hall–Kier alpha value is -0.760. The van der Waals surface area contributed by atoms with Crippen LogP contribution in [0.3, 0.4) is 0 Å². The zero-order valence-electron chi connectivity index (χ0n) is 11.2. The van der Waals surface area contributed by atoms with Crippen LogP contribution in [0.2, 0.25) is 0 Å². The van der Waals surface area contributed by atoms with Crippen molar-refractivity contribution in [3.63, 3.8) is 0 Å². The van der Waals surface area contributed by atoms with E-state index in [9.17, 15) is 9.59 Å². The molecule has 1 N–H and O–H groups in total. The van der Waals surface area contributed by atoms with Crippen molar-refractivity contribution in [1.29, 1.82) is 0 Å². The maximum absolute atomic E-state index is 12.6. The number of carbonyl (C=O) groups excluding carboxylic acids is 2. The Balaban J connectivity index is 2.32. The topological polar surface area (TPSA) is 57.6 Å². The van der Waals surface area contributed by atoms with Crippen LogP contribution in [-0.2, 0) is 0 Å². The highest BCUT2D eigenvalue weighted by Crippen LogP contribution is 2.40. The van der Waals surface area contributed by atoms with Crippen LogP contribution in [0.1, 0.15) is 27.1 Å². The first-order chi connectivity index (χ1) is 10.5. The van der Waals surface area contributed by atoms with Crippen molar-refractivity contribution in [2.45, 2.75) is 6.42 Å². The molecule has 0 spiro atoms. The lowest BCUT2D eigenvalue weighted by Crippen LogP contribution is -2.41. The second-order valence-electron chi connectivity index (χ2n) is 4.93. The third-order valence-electron chi connectivity index (χ3n) is 3.58. The van der Waals surface area contributed by atoms with Gasteiger partial charge in [-0.2, -0.15) is 0 Å². The minimum absolute atomic E-state index is 0.0676. The van der Waals surface area contributed by atoms with Crippen molar-refractivity contribution in [1.82, 2.24) is 4.90 Å². The van der Waals surface area contributed by atoms with Gasteiger partial charge in [-0.3, -0.25) is 14.5 Å². The van der Waals surface area contributed by atoms with E-state index in [-0.39, 0.29) is 25.0 Å². The summed E-state index contributed by atoms with van der Waals surface area (Å²) in [5, 5.41) is 10.4. The lowest BCUT2D eigenvalue weighted by Gasteiger charge is -2.28. The number of carbonyl (C=O) groups is 2. The van der Waals surface area contributed by atoms with E-state index in [0.717, 1.165) is 18.8 Å². The number of hydrogen-bond acceptors (Lipinski definition) is 3. The highest BCUT2D eigenvalue weighted by Gasteiger charge is 2.33. The van der Waals surface area contributed by atoms with Gasteiger partial charge in [-0.05, 0) is 61.9 Å². The second-order valence-corrected chi connectivity index (χ2v) is 7.50. The Kier molecular flexibility index (Phi) is 4.42. The number of halogens is 3. The minimum Gasteiger partial charge on any atom is -0.396 e. The first kappa shape index (κ1) is 16.1. The fourth-order valence-electron chi connectivity index (χ4n) is 2.61. The van der Waals surface area contributed by atoms with Gasteiger partial charge in [0.15, 0.2) is 0 Å². The third-order valence-corrected chi connectivity index (χ3v) is 6.05. The Morgan fingerprint density at radius 2 is 1.64 bits per heavy atom. The van der Waals surface area contributed by atoms with Gasteiger partial charge in [-0.1, -0.05) is 15.9 Å². The first-order valence-corrected chi connectivity index (χ1v) is 8.92. The lowest BCUT2D eigenvalue weighted by atomic mass is 9.94. The fourth-order valence-corrected chi connectivity index (χ4v) is 3.94. The largest absolute Gasteiger partial charge is 0.396 e. The summed E-state index contributed by atoms with van der Waals surface area (Å²) in [5.74, 6) is -0.655. The van der Waals surface area contributed by atoms with Crippen LogP contribution in [-0.4, -0.2) is 35.0 Å². The number of nitrogens with zero attached hydrogens (tertiary/aromatic N) is 1. The quantitative estimate of drug-likeness (QED) is 0.657. The summed E-state index contributed by atoms with van der Waals surface area (Å²) in [6.07, 6.45) is 0.363. The smallest absolute Gasteiger partial charge is 0.261 e. The van der Waals surface area contributed by atoms with Gasteiger partial charge in [0.05, 0.1) is 0 Å². The molecular weight excluding hydrogens is 482 g/mol. The summed E-state index contributed by atoms with van der Waals surface area (Å²) in [5.41, 5.74) is 0.982. The molecule has 2 aromatic carbocycles. The number of imide groups is 1. The highest BCUT2D eigenvalue weighted by atomic mass is 79.9. The fraction of sp³-hybridized carbons (Fsp3) is 0.200. The molecule has 0 unspecified atom stereocenters. The van der Waals surface area contributed by atoms with Crippen LogP contribution in [0.5, 0.6) is 0 Å². The number of amides is 2. The van der Waals surface area contributed by atoms with E-state index in [2.05, 4.69) is 47.8 Å². The van der Waals surface area contributed by atoms with Crippen LogP contribution in [0, 0.1) is 0 Å². The first-order valence-electron chi connectivity index (χ1n) is 6.54. The molecule has 0 radical (unpaired) electrons. The van der Waals surface area contributed by atoms with E-state index in [1.807, 2.05) is 6.07 Å². The van der Waals surface area contributed by atoms with Crippen molar-refractivity contribution < 1.29 is 14.7 Å². The predicted octanol–water partition coefficient (Wildman–Crippen LogP) is 4.11. The molecular formula is C15H10Br3NO3. The van der Waals surface area contributed by atoms with Crippen LogP contribution >= 0.6 is 47.8 Å². The molecule has 0 saturated heterocycles. The van der Waals surface area contributed by atoms with Gasteiger partial charge in [0.25, 0.3) is 11.8 Å². The average molecular weight is 492 g/mol. The molecule has 1 aliphatic heterocycles. The Morgan fingerprint density at radius 3 is 2.27 bits per heavy atom. The average Bonchev–Trinajstić information content (AvgIpc) is 2.49. The number of aliphatic hydroxyl groups is 1. The zero-order valence-corrected chi connectivity index (χ0v) is 16.0. The molecule has 7 heteroatoms. The molecule has 0 bridgehead atoms. The van der Waals surface area contributed by atoms with Gasteiger partial charge in [-0.25, -0.2) is 0 Å². The lowest BCUT2D eigenvalue weighted by molar-refractivity contribution is 0.0601. The third kappa shape index (κ3) is 2.44. The van der Waals surface area contributed by atoms with Crippen molar-refractivity contribution in [3.8, 4) is 0 Å². The zero-order chi connectivity index (χ0) is 16.0. The van der Waals surface area contributed by atoms with Crippen molar-refractivity contribution in [2.75, 3.05) is 13.2 Å². The highest BCUT2D eigenvalue weighted by molar-refractivity contribution is 9.13. The SMILES string of the molecule is O=C1c2cc(Br)cc3c(Br)c(Br)cc(c23)C(=O)N1CCCO. The van der Waals surface area contributed by atoms with E-state index in [1.165, 1.54) is 4.90 Å². The Labute approximate surface area is 151 Å². The van der Waals surface area contributed by atoms with Crippen LogP contribution in [0.15, 0.2) is 31.6 Å². The van der Waals surface area contributed by atoms with Gasteiger partial charge in [0.2, 0.25) is 0 Å². The summed E-state index contributed by atoms with van der Waals surface area (Å²) in [6.45, 7) is 0.136. The van der Waals surface area contributed by atoms with Crippen LogP contribution in [0.4, 0.5) is 0 Å². The maximum atomic E-state index is 12.6. The molecule has 0 aromatic heterocycles. The molecule has 0 atom stereocenters. The molecule has 0 saturated carbocycles. The summed E-state index contributed by atoms with van der Waals surface area (Å²) in [4.78, 5) is 26.5.